The summed E-state index contributed by atoms with van der Waals surface area (Å²) < 4.78 is 4.07. The summed E-state index contributed by atoms with van der Waals surface area (Å²) in [6, 6.07) is 9.84. The van der Waals surface area contributed by atoms with Crippen molar-refractivity contribution in [1.29, 1.82) is 0 Å². The third-order valence-electron chi connectivity index (χ3n) is 1.99. The van der Waals surface area contributed by atoms with Gasteiger partial charge in [0.25, 0.3) is 0 Å². The predicted molar refractivity (Wildman–Crippen MR) is 59.5 cm³/mol. The molecule has 2 nitrogen and oxygen atoms in total. The van der Waals surface area contributed by atoms with Crippen LogP contribution in [0.25, 0.3) is 0 Å². The molecule has 14 heavy (non-hydrogen) atoms. The Hall–Kier alpha value is -0.830. The van der Waals surface area contributed by atoms with Crippen LogP contribution in [0.15, 0.2) is 30.3 Å². The fourth-order valence-corrected chi connectivity index (χ4v) is 1.75. The molecule has 0 bridgehead atoms. The lowest BCUT2D eigenvalue weighted by Crippen LogP contribution is -2.31. The highest BCUT2D eigenvalue weighted by atomic mass is 79.9. The minimum absolute atomic E-state index is 0.249. The Morgan fingerprint density at radius 2 is 2.00 bits per heavy atom. The normalized spacial score (nSPS) is 14.5. The molecule has 1 aromatic rings. The van der Waals surface area contributed by atoms with Gasteiger partial charge in [0.2, 0.25) is 0 Å². The maximum atomic E-state index is 11.4. The SMILES string of the molecule is COC(=O)C(C)(Br)Cc1ccccc1. The van der Waals surface area contributed by atoms with Crippen molar-refractivity contribution >= 4 is 21.9 Å². The molecule has 0 N–H and O–H groups in total. The number of carbonyl (C=O) groups is 1. The monoisotopic (exact) mass is 256 g/mol. The second-order valence-electron chi connectivity index (χ2n) is 3.35. The van der Waals surface area contributed by atoms with E-state index in [1.807, 2.05) is 37.3 Å². The molecule has 76 valence electrons. The van der Waals surface area contributed by atoms with E-state index in [1.165, 1.54) is 7.11 Å². The average molecular weight is 257 g/mol. The van der Waals surface area contributed by atoms with Gasteiger partial charge in [-0.2, -0.15) is 0 Å². The van der Waals surface area contributed by atoms with Gasteiger partial charge in [0.15, 0.2) is 0 Å². The van der Waals surface area contributed by atoms with Crippen molar-refractivity contribution < 1.29 is 9.53 Å². The number of halogens is 1. The van der Waals surface area contributed by atoms with Crippen LogP contribution < -0.4 is 0 Å². The summed E-state index contributed by atoms with van der Waals surface area (Å²) in [5.74, 6) is -0.249. The molecule has 1 rings (SSSR count). The highest BCUT2D eigenvalue weighted by Crippen LogP contribution is 2.24. The summed E-state index contributed by atoms with van der Waals surface area (Å²) in [6.45, 7) is 1.81. The fourth-order valence-electron chi connectivity index (χ4n) is 1.26. The summed E-state index contributed by atoms with van der Waals surface area (Å²) in [4.78, 5) is 11.4. The summed E-state index contributed by atoms with van der Waals surface area (Å²) in [5, 5.41) is 0. The Labute approximate surface area is 92.4 Å². The van der Waals surface area contributed by atoms with E-state index in [0.717, 1.165) is 5.56 Å². The third-order valence-corrected chi connectivity index (χ3v) is 2.59. The van der Waals surface area contributed by atoms with Gasteiger partial charge in [-0.05, 0) is 18.9 Å². The lowest BCUT2D eigenvalue weighted by Gasteiger charge is -2.19. The number of hydrogen-bond donors (Lipinski definition) is 0. The van der Waals surface area contributed by atoms with Crippen molar-refractivity contribution in [3.8, 4) is 0 Å². The Morgan fingerprint density at radius 1 is 1.43 bits per heavy atom. The van der Waals surface area contributed by atoms with Crippen LogP contribution >= 0.6 is 15.9 Å². The van der Waals surface area contributed by atoms with Crippen molar-refractivity contribution in [3.63, 3.8) is 0 Å². The molecule has 3 heteroatoms. The molecule has 0 heterocycles. The molecular formula is C11H13BrO2. The first-order valence-corrected chi connectivity index (χ1v) is 5.17. The van der Waals surface area contributed by atoms with Crippen LogP contribution in [0.5, 0.6) is 0 Å². The van der Waals surface area contributed by atoms with E-state index in [-0.39, 0.29) is 5.97 Å². The van der Waals surface area contributed by atoms with Crippen molar-refractivity contribution in [2.24, 2.45) is 0 Å². The zero-order valence-electron chi connectivity index (χ0n) is 8.29. The number of rotatable bonds is 3. The van der Waals surface area contributed by atoms with Gasteiger partial charge in [0, 0.05) is 0 Å². The molecule has 0 aliphatic carbocycles. The number of methoxy groups -OCH3 is 1. The summed E-state index contributed by atoms with van der Waals surface area (Å²) in [7, 11) is 1.40. The molecule has 0 aliphatic rings. The number of benzene rings is 1. The van der Waals surface area contributed by atoms with Gasteiger partial charge in [-0.15, -0.1) is 0 Å². The number of ether oxygens (including phenoxy) is 1. The molecule has 0 radical (unpaired) electrons. The Balaban J connectivity index is 2.73. The van der Waals surface area contributed by atoms with Gasteiger partial charge >= 0.3 is 5.97 Å². The molecule has 0 spiro atoms. The minimum Gasteiger partial charge on any atom is -0.468 e. The van der Waals surface area contributed by atoms with Crippen molar-refractivity contribution in [2.45, 2.75) is 17.7 Å². The van der Waals surface area contributed by atoms with Gasteiger partial charge in [-0.25, -0.2) is 0 Å². The molecule has 1 unspecified atom stereocenters. The van der Waals surface area contributed by atoms with E-state index < -0.39 is 4.32 Å². The molecule has 0 aromatic heterocycles. The lowest BCUT2D eigenvalue weighted by molar-refractivity contribution is -0.142. The molecule has 1 aromatic carbocycles. The van der Waals surface area contributed by atoms with Crippen molar-refractivity contribution in [2.75, 3.05) is 7.11 Å². The van der Waals surface area contributed by atoms with Gasteiger partial charge in [-0.1, -0.05) is 46.3 Å². The van der Waals surface area contributed by atoms with Crippen LogP contribution in [-0.2, 0) is 16.0 Å². The van der Waals surface area contributed by atoms with E-state index >= 15 is 0 Å². The zero-order chi connectivity index (χ0) is 10.6. The molecular weight excluding hydrogens is 244 g/mol. The largest absolute Gasteiger partial charge is 0.468 e. The Bertz CT molecular complexity index is 306. The van der Waals surface area contributed by atoms with Crippen molar-refractivity contribution in [3.05, 3.63) is 35.9 Å². The third kappa shape index (κ3) is 2.84. The summed E-state index contributed by atoms with van der Waals surface area (Å²) >= 11 is 3.37. The van der Waals surface area contributed by atoms with Gasteiger partial charge < -0.3 is 4.74 Å². The molecule has 0 aliphatic heterocycles. The number of hydrogen-bond acceptors (Lipinski definition) is 2. The predicted octanol–water partition coefficient (Wildman–Crippen LogP) is 2.56. The van der Waals surface area contributed by atoms with E-state index in [2.05, 4.69) is 15.9 Å². The van der Waals surface area contributed by atoms with Gasteiger partial charge in [0.1, 0.15) is 4.32 Å². The number of alkyl halides is 1. The first-order chi connectivity index (χ1) is 6.56. The van der Waals surface area contributed by atoms with Crippen LogP contribution in [-0.4, -0.2) is 17.4 Å². The number of carbonyl (C=O) groups excluding carboxylic acids is 1. The van der Waals surface area contributed by atoms with Crippen LogP contribution in [0.4, 0.5) is 0 Å². The zero-order valence-corrected chi connectivity index (χ0v) is 9.87. The number of esters is 1. The topological polar surface area (TPSA) is 26.3 Å². The van der Waals surface area contributed by atoms with Crippen LogP contribution in [0, 0.1) is 0 Å². The highest BCUT2D eigenvalue weighted by molar-refractivity contribution is 9.10. The van der Waals surface area contributed by atoms with E-state index in [4.69, 9.17) is 4.74 Å². The average Bonchev–Trinajstić information content (AvgIpc) is 2.17. The lowest BCUT2D eigenvalue weighted by atomic mass is 10.0. The first kappa shape index (κ1) is 11.2. The maximum Gasteiger partial charge on any atom is 0.322 e. The minimum atomic E-state index is -0.636. The Kier molecular flexibility index (Phi) is 3.69. The van der Waals surface area contributed by atoms with E-state index in [1.54, 1.807) is 0 Å². The quantitative estimate of drug-likeness (QED) is 0.614. The second kappa shape index (κ2) is 4.60. The maximum absolute atomic E-state index is 11.4. The van der Waals surface area contributed by atoms with Crippen molar-refractivity contribution in [1.82, 2.24) is 0 Å². The standard InChI is InChI=1S/C11H13BrO2/c1-11(12,10(13)14-2)8-9-6-4-3-5-7-9/h3-7H,8H2,1-2H3. The molecule has 0 saturated heterocycles. The molecule has 0 fully saturated rings. The second-order valence-corrected chi connectivity index (χ2v) is 5.10. The highest BCUT2D eigenvalue weighted by Gasteiger charge is 2.31. The van der Waals surface area contributed by atoms with E-state index in [0.29, 0.717) is 6.42 Å². The molecule has 0 amide bonds. The Morgan fingerprint density at radius 3 is 2.50 bits per heavy atom. The molecule has 1 atom stereocenters. The van der Waals surface area contributed by atoms with Crippen LogP contribution in [0.3, 0.4) is 0 Å². The summed E-state index contributed by atoms with van der Waals surface area (Å²) in [5.41, 5.74) is 1.11. The van der Waals surface area contributed by atoms with E-state index in [9.17, 15) is 4.79 Å². The smallest absolute Gasteiger partial charge is 0.322 e. The fraction of sp³-hybridized carbons (Fsp3) is 0.364. The van der Waals surface area contributed by atoms with Crippen LogP contribution in [0.2, 0.25) is 0 Å². The van der Waals surface area contributed by atoms with Crippen LogP contribution in [0.1, 0.15) is 12.5 Å². The first-order valence-electron chi connectivity index (χ1n) is 4.37. The molecule has 0 saturated carbocycles. The van der Waals surface area contributed by atoms with Gasteiger partial charge in [0.05, 0.1) is 7.11 Å². The summed E-state index contributed by atoms with van der Waals surface area (Å²) in [6.07, 6.45) is 0.626. The van der Waals surface area contributed by atoms with Gasteiger partial charge in [-0.3, -0.25) is 4.79 Å².